The summed E-state index contributed by atoms with van der Waals surface area (Å²) in [4.78, 5) is 14.2. The summed E-state index contributed by atoms with van der Waals surface area (Å²) in [6.07, 6.45) is 0. The third-order valence-corrected chi connectivity index (χ3v) is 4.11. The molecule has 21 heavy (non-hydrogen) atoms. The van der Waals surface area contributed by atoms with Crippen molar-refractivity contribution in [1.82, 2.24) is 0 Å². The number of esters is 1. The van der Waals surface area contributed by atoms with Crippen LogP contribution >= 0.6 is 11.3 Å². The lowest BCUT2D eigenvalue weighted by Crippen LogP contribution is -2.31. The van der Waals surface area contributed by atoms with Crippen LogP contribution in [0, 0.1) is 23.2 Å². The zero-order valence-corrected chi connectivity index (χ0v) is 14.1. The fourth-order valence-electron chi connectivity index (χ4n) is 2.13. The molecule has 1 aromatic rings. The number of methoxy groups -OCH3 is 1. The van der Waals surface area contributed by atoms with E-state index in [0.717, 1.165) is 18.1 Å². The van der Waals surface area contributed by atoms with E-state index in [1.165, 1.54) is 18.4 Å². The number of hydrogen-bond acceptors (Lipinski definition) is 6. The molecule has 1 aromatic heterocycles. The summed E-state index contributed by atoms with van der Waals surface area (Å²) < 4.78 is 4.74. The van der Waals surface area contributed by atoms with Gasteiger partial charge in [0.2, 0.25) is 0 Å². The first-order chi connectivity index (χ1) is 9.81. The van der Waals surface area contributed by atoms with E-state index < -0.39 is 5.97 Å². The number of carbonyl (C=O) groups excluding carboxylic acids is 1. The quantitative estimate of drug-likeness (QED) is 0.817. The standard InChI is InChI=1S/C15H23N3O2S/c1-9(2)7-18(8-10(3)4)14-11(6-16)12(17)13(21-14)15(19)20-5/h9-10H,7-8,17H2,1-5H3. The molecule has 0 aromatic carbocycles. The fourth-order valence-corrected chi connectivity index (χ4v) is 3.24. The Kier molecular flexibility index (Phi) is 6.03. The highest BCUT2D eigenvalue weighted by Crippen LogP contribution is 2.38. The summed E-state index contributed by atoms with van der Waals surface area (Å²) in [6.45, 7) is 10.1. The summed E-state index contributed by atoms with van der Waals surface area (Å²) in [6, 6.07) is 2.13. The maximum atomic E-state index is 11.8. The Bertz CT molecular complexity index is 534. The Morgan fingerprint density at radius 1 is 1.33 bits per heavy atom. The summed E-state index contributed by atoms with van der Waals surface area (Å²) in [5.74, 6) is 0.398. The normalized spacial score (nSPS) is 10.8. The molecular weight excluding hydrogens is 286 g/mol. The number of rotatable bonds is 6. The molecule has 116 valence electrons. The van der Waals surface area contributed by atoms with Crippen molar-refractivity contribution in [3.8, 4) is 6.07 Å². The Morgan fingerprint density at radius 3 is 2.24 bits per heavy atom. The summed E-state index contributed by atoms with van der Waals surface area (Å²) in [5, 5.41) is 10.1. The highest BCUT2D eigenvalue weighted by Gasteiger charge is 2.25. The van der Waals surface area contributed by atoms with Crippen molar-refractivity contribution in [3.05, 3.63) is 10.4 Å². The lowest BCUT2D eigenvalue weighted by molar-refractivity contribution is 0.0607. The minimum Gasteiger partial charge on any atom is -0.465 e. The van der Waals surface area contributed by atoms with Gasteiger partial charge in [0.15, 0.2) is 0 Å². The van der Waals surface area contributed by atoms with Gasteiger partial charge in [-0.25, -0.2) is 4.79 Å². The Morgan fingerprint density at radius 2 is 1.86 bits per heavy atom. The Labute approximate surface area is 130 Å². The van der Waals surface area contributed by atoms with Crippen LogP contribution < -0.4 is 10.6 Å². The van der Waals surface area contributed by atoms with Crippen LogP contribution in [0.4, 0.5) is 10.7 Å². The minimum atomic E-state index is -0.491. The van der Waals surface area contributed by atoms with Crippen molar-refractivity contribution in [3.63, 3.8) is 0 Å². The number of nitrogens with two attached hydrogens (primary N) is 1. The van der Waals surface area contributed by atoms with Crippen LogP contribution in [0.3, 0.4) is 0 Å². The number of nitriles is 1. The van der Waals surface area contributed by atoms with Gasteiger partial charge in [0.1, 0.15) is 21.5 Å². The topological polar surface area (TPSA) is 79.3 Å². The molecule has 5 nitrogen and oxygen atoms in total. The van der Waals surface area contributed by atoms with Crippen LogP contribution in [-0.4, -0.2) is 26.2 Å². The number of carbonyl (C=O) groups is 1. The molecule has 0 unspecified atom stereocenters. The summed E-state index contributed by atoms with van der Waals surface area (Å²) in [5.41, 5.74) is 6.55. The molecule has 2 N–H and O–H groups in total. The molecule has 1 heterocycles. The van der Waals surface area contributed by atoms with Crippen LogP contribution in [0.25, 0.3) is 0 Å². The van der Waals surface area contributed by atoms with E-state index in [2.05, 4.69) is 38.7 Å². The van der Waals surface area contributed by atoms with Crippen molar-refractivity contribution >= 4 is 28.0 Å². The maximum absolute atomic E-state index is 11.8. The van der Waals surface area contributed by atoms with E-state index in [0.29, 0.717) is 22.3 Å². The number of anilines is 2. The molecule has 0 radical (unpaired) electrons. The van der Waals surface area contributed by atoms with Gasteiger partial charge in [-0.3, -0.25) is 0 Å². The Hall–Kier alpha value is -1.74. The van der Waals surface area contributed by atoms with Gasteiger partial charge < -0.3 is 15.4 Å². The molecule has 0 saturated carbocycles. The van der Waals surface area contributed by atoms with E-state index in [9.17, 15) is 10.1 Å². The highest BCUT2D eigenvalue weighted by atomic mass is 32.1. The fraction of sp³-hybridized carbons (Fsp3) is 0.600. The van der Waals surface area contributed by atoms with Gasteiger partial charge >= 0.3 is 5.97 Å². The molecule has 0 aliphatic carbocycles. The van der Waals surface area contributed by atoms with Gasteiger partial charge in [-0.2, -0.15) is 5.26 Å². The van der Waals surface area contributed by atoms with E-state index in [1.54, 1.807) is 0 Å². The smallest absolute Gasteiger partial charge is 0.350 e. The SMILES string of the molecule is COC(=O)c1sc(N(CC(C)C)CC(C)C)c(C#N)c1N. The van der Waals surface area contributed by atoms with Crippen LogP contribution in [0.15, 0.2) is 0 Å². The molecule has 0 amide bonds. The van der Waals surface area contributed by atoms with Crippen molar-refractivity contribution in [1.29, 1.82) is 5.26 Å². The molecule has 0 fully saturated rings. The van der Waals surface area contributed by atoms with Gasteiger partial charge in [0, 0.05) is 13.1 Å². The van der Waals surface area contributed by atoms with E-state index in [1.807, 2.05) is 0 Å². The second-order valence-corrected chi connectivity index (χ2v) is 6.82. The molecule has 0 spiro atoms. The van der Waals surface area contributed by atoms with Gasteiger partial charge in [0.05, 0.1) is 12.8 Å². The predicted octanol–water partition coefficient (Wildman–Crippen LogP) is 3.11. The maximum Gasteiger partial charge on any atom is 0.350 e. The monoisotopic (exact) mass is 309 g/mol. The van der Waals surface area contributed by atoms with Crippen LogP contribution in [0.1, 0.15) is 42.9 Å². The second kappa shape index (κ2) is 7.32. The number of thiophene rings is 1. The third-order valence-electron chi connectivity index (χ3n) is 2.87. The first-order valence-corrected chi connectivity index (χ1v) is 7.79. The van der Waals surface area contributed by atoms with Crippen LogP contribution in [0.5, 0.6) is 0 Å². The second-order valence-electron chi connectivity index (χ2n) is 5.82. The van der Waals surface area contributed by atoms with Gasteiger partial charge in [0.25, 0.3) is 0 Å². The third kappa shape index (κ3) is 4.11. The number of ether oxygens (including phenoxy) is 1. The first-order valence-electron chi connectivity index (χ1n) is 6.97. The number of nitrogen functional groups attached to an aromatic ring is 1. The average molecular weight is 309 g/mol. The molecule has 0 aliphatic heterocycles. The van der Waals surface area contributed by atoms with Crippen molar-refractivity contribution in [2.75, 3.05) is 30.8 Å². The van der Waals surface area contributed by atoms with E-state index in [-0.39, 0.29) is 5.69 Å². The van der Waals surface area contributed by atoms with E-state index >= 15 is 0 Å². The minimum absolute atomic E-state index is 0.224. The summed E-state index contributed by atoms with van der Waals surface area (Å²) >= 11 is 1.24. The molecule has 1 rings (SSSR count). The average Bonchev–Trinajstić information content (AvgIpc) is 2.73. The zero-order valence-electron chi connectivity index (χ0n) is 13.3. The van der Waals surface area contributed by atoms with Gasteiger partial charge in [-0.15, -0.1) is 11.3 Å². The zero-order chi connectivity index (χ0) is 16.2. The summed E-state index contributed by atoms with van der Waals surface area (Å²) in [7, 11) is 1.31. The molecule has 0 atom stereocenters. The number of nitrogens with zero attached hydrogens (tertiary/aromatic N) is 2. The molecule has 6 heteroatoms. The lowest BCUT2D eigenvalue weighted by Gasteiger charge is -2.27. The van der Waals surface area contributed by atoms with Gasteiger partial charge in [-0.05, 0) is 11.8 Å². The largest absolute Gasteiger partial charge is 0.465 e. The molecule has 0 bridgehead atoms. The molecular formula is C15H23N3O2S. The Balaban J connectivity index is 3.30. The predicted molar refractivity (Wildman–Crippen MR) is 86.7 cm³/mol. The number of hydrogen-bond donors (Lipinski definition) is 1. The van der Waals surface area contributed by atoms with Gasteiger partial charge in [-0.1, -0.05) is 27.7 Å². The van der Waals surface area contributed by atoms with Crippen molar-refractivity contribution in [2.24, 2.45) is 11.8 Å². The van der Waals surface area contributed by atoms with Crippen LogP contribution in [0.2, 0.25) is 0 Å². The molecule has 0 saturated heterocycles. The first kappa shape index (κ1) is 17.3. The van der Waals surface area contributed by atoms with Crippen molar-refractivity contribution in [2.45, 2.75) is 27.7 Å². The lowest BCUT2D eigenvalue weighted by atomic mass is 10.1. The van der Waals surface area contributed by atoms with Crippen LogP contribution in [-0.2, 0) is 4.74 Å². The highest BCUT2D eigenvalue weighted by molar-refractivity contribution is 7.18. The molecule has 0 aliphatic rings. The van der Waals surface area contributed by atoms with E-state index in [4.69, 9.17) is 10.5 Å². The van der Waals surface area contributed by atoms with Crippen molar-refractivity contribution < 1.29 is 9.53 Å².